The molecular formula is C20H15NO5. The Morgan fingerprint density at radius 1 is 1.15 bits per heavy atom. The number of ether oxygens (including phenoxy) is 2. The van der Waals surface area contributed by atoms with Gasteiger partial charge in [-0.15, -0.1) is 0 Å². The summed E-state index contributed by atoms with van der Waals surface area (Å²) in [7, 11) is 0. The second kappa shape index (κ2) is 7.11. The maximum absolute atomic E-state index is 12.1. The van der Waals surface area contributed by atoms with Gasteiger partial charge in [0.25, 0.3) is 0 Å². The van der Waals surface area contributed by atoms with Crippen molar-refractivity contribution in [3.8, 4) is 17.6 Å². The van der Waals surface area contributed by atoms with Crippen molar-refractivity contribution in [2.24, 2.45) is 0 Å². The molecule has 0 aliphatic heterocycles. The smallest absolute Gasteiger partial charge is 0.349 e. The number of para-hydroxylation sites is 1. The molecule has 3 aromatic rings. The molecule has 1 heterocycles. The molecule has 0 aliphatic rings. The van der Waals surface area contributed by atoms with Gasteiger partial charge >= 0.3 is 11.6 Å². The normalized spacial score (nSPS) is 10.3. The fourth-order valence-electron chi connectivity index (χ4n) is 2.58. The highest BCUT2D eigenvalue weighted by atomic mass is 16.6. The van der Waals surface area contributed by atoms with Crippen LogP contribution in [-0.2, 0) is 4.79 Å². The molecule has 0 bridgehead atoms. The number of fused-ring (bicyclic) bond motifs is 1. The number of nitriles is 1. The first-order valence-corrected chi connectivity index (χ1v) is 7.86. The lowest BCUT2D eigenvalue weighted by Gasteiger charge is -2.11. The average molecular weight is 349 g/mol. The van der Waals surface area contributed by atoms with E-state index in [0.29, 0.717) is 22.5 Å². The summed E-state index contributed by atoms with van der Waals surface area (Å²) in [5.74, 6) is -0.0348. The molecule has 0 fully saturated rings. The zero-order chi connectivity index (χ0) is 18.7. The fourth-order valence-corrected chi connectivity index (χ4v) is 2.58. The summed E-state index contributed by atoms with van der Waals surface area (Å²) < 4.78 is 15.9. The van der Waals surface area contributed by atoms with Crippen molar-refractivity contribution in [3.63, 3.8) is 0 Å². The van der Waals surface area contributed by atoms with Crippen molar-refractivity contribution in [3.05, 3.63) is 69.6 Å². The van der Waals surface area contributed by atoms with Gasteiger partial charge in [-0.25, -0.2) is 9.59 Å². The Kier molecular flexibility index (Phi) is 4.72. The van der Waals surface area contributed by atoms with Crippen molar-refractivity contribution in [1.82, 2.24) is 0 Å². The highest BCUT2D eigenvalue weighted by Crippen LogP contribution is 2.28. The lowest BCUT2D eigenvalue weighted by atomic mass is 10.1. The second-order valence-electron chi connectivity index (χ2n) is 5.68. The number of benzene rings is 2. The van der Waals surface area contributed by atoms with Crippen molar-refractivity contribution >= 4 is 16.9 Å². The molecule has 0 atom stereocenters. The highest BCUT2D eigenvalue weighted by molar-refractivity contribution is 5.86. The lowest BCUT2D eigenvalue weighted by Crippen LogP contribution is -2.18. The van der Waals surface area contributed by atoms with E-state index in [9.17, 15) is 9.59 Å². The molecule has 2 aromatic carbocycles. The molecule has 0 radical (unpaired) electrons. The Morgan fingerprint density at radius 2 is 1.92 bits per heavy atom. The maximum atomic E-state index is 12.1. The van der Waals surface area contributed by atoms with Crippen LogP contribution in [-0.4, -0.2) is 12.6 Å². The van der Waals surface area contributed by atoms with Crippen molar-refractivity contribution < 1.29 is 18.7 Å². The summed E-state index contributed by atoms with van der Waals surface area (Å²) in [5, 5.41) is 9.80. The number of rotatable bonds is 4. The van der Waals surface area contributed by atoms with E-state index in [1.165, 1.54) is 6.07 Å². The predicted molar refractivity (Wildman–Crippen MR) is 94.2 cm³/mol. The Hall–Kier alpha value is -3.59. The maximum Gasteiger partial charge on any atom is 0.349 e. The average Bonchev–Trinajstić information content (AvgIpc) is 2.63. The van der Waals surface area contributed by atoms with E-state index in [1.807, 2.05) is 13.0 Å². The van der Waals surface area contributed by atoms with Crippen LogP contribution in [0.25, 0.3) is 11.0 Å². The monoisotopic (exact) mass is 349 g/mol. The first kappa shape index (κ1) is 17.2. The Morgan fingerprint density at radius 3 is 2.69 bits per heavy atom. The van der Waals surface area contributed by atoms with Crippen LogP contribution in [0.15, 0.2) is 51.7 Å². The molecule has 26 heavy (non-hydrogen) atoms. The molecule has 0 N–H and O–H groups in total. The fraction of sp³-hybridized carbons (Fsp3) is 0.150. The van der Waals surface area contributed by atoms with Crippen LogP contribution in [0, 0.1) is 25.2 Å². The first-order chi connectivity index (χ1) is 12.5. The number of carbonyl (C=O) groups excluding carboxylic acids is 1. The summed E-state index contributed by atoms with van der Waals surface area (Å²) in [6.45, 7) is 3.16. The second-order valence-corrected chi connectivity index (χ2v) is 5.68. The van der Waals surface area contributed by atoms with Gasteiger partial charge in [0.1, 0.15) is 23.2 Å². The van der Waals surface area contributed by atoms with Crippen LogP contribution < -0.4 is 15.1 Å². The summed E-state index contributed by atoms with van der Waals surface area (Å²) in [4.78, 5) is 23.7. The summed E-state index contributed by atoms with van der Waals surface area (Å²) in [6, 6.07) is 13.4. The Bertz CT molecular complexity index is 1090. The van der Waals surface area contributed by atoms with Gasteiger partial charge in [0.15, 0.2) is 6.61 Å². The van der Waals surface area contributed by atoms with Crippen molar-refractivity contribution in [2.75, 3.05) is 6.61 Å². The van der Waals surface area contributed by atoms with Crippen LogP contribution in [0.4, 0.5) is 0 Å². The third-order valence-corrected chi connectivity index (χ3v) is 3.89. The van der Waals surface area contributed by atoms with E-state index in [4.69, 9.17) is 19.2 Å². The highest BCUT2D eigenvalue weighted by Gasteiger charge is 2.14. The first-order valence-electron chi connectivity index (χ1n) is 7.86. The quantitative estimate of drug-likeness (QED) is 0.408. The summed E-state index contributed by atoms with van der Waals surface area (Å²) in [5.41, 5.74) is 1.59. The minimum atomic E-state index is -0.629. The van der Waals surface area contributed by atoms with Gasteiger partial charge in [0.05, 0.1) is 5.56 Å². The molecule has 0 spiro atoms. The zero-order valence-electron chi connectivity index (χ0n) is 14.2. The minimum Gasteiger partial charge on any atom is -0.481 e. The molecule has 130 valence electrons. The largest absolute Gasteiger partial charge is 0.481 e. The van der Waals surface area contributed by atoms with Gasteiger partial charge in [0.2, 0.25) is 0 Å². The van der Waals surface area contributed by atoms with Gasteiger partial charge in [0, 0.05) is 17.0 Å². The van der Waals surface area contributed by atoms with Crippen LogP contribution in [0.5, 0.6) is 11.5 Å². The van der Waals surface area contributed by atoms with Gasteiger partial charge in [-0.1, -0.05) is 12.1 Å². The molecule has 1 aromatic heterocycles. The standard InChI is InChI=1S/C20H15NO5/c1-12-9-18(22)26-20-13(2)16(8-7-15(12)20)25-19(23)11-24-17-6-4-3-5-14(17)10-21/h3-9H,11H2,1-2H3. The predicted octanol–water partition coefficient (Wildman–Crippen LogP) is 3.27. The molecule has 0 aliphatic carbocycles. The molecule has 3 rings (SSSR count). The number of esters is 1. The van der Waals surface area contributed by atoms with Gasteiger partial charge in [-0.3, -0.25) is 0 Å². The summed E-state index contributed by atoms with van der Waals surface area (Å²) >= 11 is 0. The van der Waals surface area contributed by atoms with Gasteiger partial charge in [-0.2, -0.15) is 5.26 Å². The van der Waals surface area contributed by atoms with Crippen LogP contribution in [0.3, 0.4) is 0 Å². The van der Waals surface area contributed by atoms with Crippen molar-refractivity contribution in [2.45, 2.75) is 13.8 Å². The van der Waals surface area contributed by atoms with E-state index in [-0.39, 0.29) is 12.4 Å². The number of nitrogens with zero attached hydrogens (tertiary/aromatic N) is 1. The SMILES string of the molecule is Cc1cc(=O)oc2c(C)c(OC(=O)COc3ccccc3C#N)ccc12. The van der Waals surface area contributed by atoms with Gasteiger partial charge in [-0.05, 0) is 43.7 Å². The van der Waals surface area contributed by atoms with E-state index in [1.54, 1.807) is 43.3 Å². The minimum absolute atomic E-state index is 0.286. The van der Waals surface area contributed by atoms with E-state index < -0.39 is 11.6 Å². The topological polar surface area (TPSA) is 89.5 Å². The van der Waals surface area contributed by atoms with Gasteiger partial charge < -0.3 is 13.9 Å². The molecular weight excluding hydrogens is 334 g/mol. The molecule has 6 nitrogen and oxygen atoms in total. The molecule has 6 heteroatoms. The number of hydrogen-bond acceptors (Lipinski definition) is 6. The molecule has 0 unspecified atom stereocenters. The van der Waals surface area contributed by atoms with Crippen molar-refractivity contribution in [1.29, 1.82) is 5.26 Å². The van der Waals surface area contributed by atoms with Crippen LogP contribution in [0.1, 0.15) is 16.7 Å². The Balaban J connectivity index is 1.78. The zero-order valence-corrected chi connectivity index (χ0v) is 14.2. The molecule has 0 saturated carbocycles. The van der Waals surface area contributed by atoms with E-state index in [0.717, 1.165) is 10.9 Å². The third-order valence-electron chi connectivity index (χ3n) is 3.89. The van der Waals surface area contributed by atoms with E-state index in [2.05, 4.69) is 0 Å². The van der Waals surface area contributed by atoms with E-state index >= 15 is 0 Å². The third kappa shape index (κ3) is 3.42. The number of aryl methyl sites for hydroxylation is 2. The Labute approximate surface area is 149 Å². The van der Waals surface area contributed by atoms with Crippen LogP contribution >= 0.6 is 0 Å². The molecule has 0 amide bonds. The summed E-state index contributed by atoms with van der Waals surface area (Å²) in [6.07, 6.45) is 0. The number of hydrogen-bond donors (Lipinski definition) is 0. The van der Waals surface area contributed by atoms with Crippen LogP contribution in [0.2, 0.25) is 0 Å². The number of carbonyl (C=O) groups is 1. The lowest BCUT2D eigenvalue weighted by molar-refractivity contribution is -0.136. The molecule has 0 saturated heterocycles.